The molecule has 0 spiro atoms. The zero-order valence-electron chi connectivity index (χ0n) is 23.5. The van der Waals surface area contributed by atoms with E-state index in [0.717, 1.165) is 10.5 Å². The van der Waals surface area contributed by atoms with Crippen molar-refractivity contribution in [3.63, 3.8) is 0 Å². The highest BCUT2D eigenvalue weighted by Gasteiger charge is 2.37. The first-order chi connectivity index (χ1) is 21.1. The number of rotatable bonds is 6. The van der Waals surface area contributed by atoms with Gasteiger partial charge < -0.3 is 14.6 Å². The third-order valence-corrected chi connectivity index (χ3v) is 7.23. The van der Waals surface area contributed by atoms with Crippen molar-refractivity contribution in [2.75, 3.05) is 5.32 Å². The van der Waals surface area contributed by atoms with Crippen molar-refractivity contribution < 1.29 is 35.6 Å². The maximum Gasteiger partial charge on any atom is 0.416 e. The number of carbonyl (C=O) groups is 1. The van der Waals surface area contributed by atoms with E-state index in [1.54, 1.807) is 24.3 Å². The van der Waals surface area contributed by atoms with Crippen LogP contribution in [0.2, 0.25) is 5.02 Å². The smallest absolute Gasteiger partial charge is 0.416 e. The van der Waals surface area contributed by atoms with E-state index in [2.05, 4.69) is 10.3 Å². The molecular formula is C31H23ClF6N4O3. The largest absolute Gasteiger partial charge is 0.467 e. The van der Waals surface area contributed by atoms with Gasteiger partial charge in [0.25, 0.3) is 5.56 Å². The molecule has 0 saturated heterocycles. The standard InChI is InChI=1S/C31H23ClF6N4O3/c1-17-5-8-23(9-6-17)42-27(40-26-15-21(32)7-10-25(26)28(42)43)18(2)41(16-24-4-3-11-45-24)29(44)39-22-13-19(30(33,34)35)12-20(14-22)31(36,37)38/h3-15,18H,16H2,1-2H3,(H,39,44). The van der Waals surface area contributed by atoms with Gasteiger partial charge in [0.05, 0.1) is 46.6 Å². The minimum Gasteiger partial charge on any atom is -0.467 e. The number of hydrogen-bond donors (Lipinski definition) is 1. The molecule has 2 heterocycles. The van der Waals surface area contributed by atoms with Crippen molar-refractivity contribution >= 4 is 34.2 Å². The molecule has 0 saturated carbocycles. The minimum atomic E-state index is -5.12. The number of nitrogens with one attached hydrogen (secondary N) is 1. The second kappa shape index (κ2) is 12.0. The third kappa shape index (κ3) is 6.83. The van der Waals surface area contributed by atoms with E-state index < -0.39 is 46.8 Å². The van der Waals surface area contributed by atoms with Gasteiger partial charge in [0.15, 0.2) is 0 Å². The van der Waals surface area contributed by atoms with Crippen LogP contribution in [-0.4, -0.2) is 20.5 Å². The fraction of sp³-hybridized carbons (Fsp3) is 0.194. The zero-order chi connectivity index (χ0) is 32.7. The van der Waals surface area contributed by atoms with Crippen LogP contribution in [0.5, 0.6) is 0 Å². The number of carbonyl (C=O) groups excluding carboxylic acids is 1. The second-order valence-electron chi connectivity index (χ2n) is 10.2. The van der Waals surface area contributed by atoms with Crippen LogP contribution in [0.15, 0.2) is 88.3 Å². The maximum absolute atomic E-state index is 13.8. The number of aromatic nitrogens is 2. The number of nitrogens with zero attached hydrogens (tertiary/aromatic N) is 3. The number of benzene rings is 3. The topological polar surface area (TPSA) is 80.4 Å². The van der Waals surface area contributed by atoms with Crippen molar-refractivity contribution in [3.8, 4) is 5.69 Å². The number of urea groups is 1. The molecule has 0 fully saturated rings. The van der Waals surface area contributed by atoms with Crippen molar-refractivity contribution in [2.45, 2.75) is 38.8 Å². The fourth-order valence-corrected chi connectivity index (χ4v) is 4.88. The number of aryl methyl sites for hydroxylation is 1. The summed E-state index contributed by atoms with van der Waals surface area (Å²) in [5, 5.41) is 2.68. The van der Waals surface area contributed by atoms with Crippen LogP contribution in [0.4, 0.5) is 36.8 Å². The summed E-state index contributed by atoms with van der Waals surface area (Å²) in [4.78, 5) is 33.3. The molecule has 3 aromatic carbocycles. The van der Waals surface area contributed by atoms with Crippen molar-refractivity contribution in [1.82, 2.24) is 14.5 Å². The number of furan rings is 1. The van der Waals surface area contributed by atoms with Crippen LogP contribution in [0, 0.1) is 6.92 Å². The lowest BCUT2D eigenvalue weighted by Gasteiger charge is -2.30. The van der Waals surface area contributed by atoms with Crippen LogP contribution >= 0.6 is 11.6 Å². The summed E-state index contributed by atoms with van der Waals surface area (Å²) in [5.41, 5.74) is -2.91. The number of fused-ring (bicyclic) bond motifs is 1. The molecule has 1 N–H and O–H groups in total. The summed E-state index contributed by atoms with van der Waals surface area (Å²) in [6.45, 7) is 3.07. The molecule has 5 aromatic rings. The molecule has 0 aliphatic rings. The van der Waals surface area contributed by atoms with Gasteiger partial charge in [-0.3, -0.25) is 9.36 Å². The Kier molecular flexibility index (Phi) is 8.41. The Morgan fingerprint density at radius 3 is 2.20 bits per heavy atom. The molecule has 7 nitrogen and oxygen atoms in total. The van der Waals surface area contributed by atoms with Crippen LogP contribution in [0.3, 0.4) is 0 Å². The fourth-order valence-electron chi connectivity index (χ4n) is 4.72. The van der Waals surface area contributed by atoms with E-state index in [1.165, 1.54) is 48.1 Å². The van der Waals surface area contributed by atoms with Gasteiger partial charge in [-0.2, -0.15) is 26.3 Å². The molecule has 0 radical (unpaired) electrons. The molecule has 2 aromatic heterocycles. The Hall–Kier alpha value is -4.78. The Balaban J connectivity index is 1.65. The van der Waals surface area contributed by atoms with Gasteiger partial charge in [-0.05, 0) is 74.5 Å². The zero-order valence-corrected chi connectivity index (χ0v) is 24.3. The summed E-state index contributed by atoms with van der Waals surface area (Å²) in [5.74, 6) is 0.283. The van der Waals surface area contributed by atoms with Crippen molar-refractivity contribution in [1.29, 1.82) is 0 Å². The van der Waals surface area contributed by atoms with Gasteiger partial charge in [-0.15, -0.1) is 0 Å². The molecule has 0 aliphatic heterocycles. The minimum absolute atomic E-state index is 0.0384. The normalized spacial score (nSPS) is 12.7. The van der Waals surface area contributed by atoms with Crippen LogP contribution < -0.4 is 10.9 Å². The van der Waals surface area contributed by atoms with Crippen molar-refractivity contribution in [3.05, 3.63) is 123 Å². The quantitative estimate of drug-likeness (QED) is 0.187. The average Bonchev–Trinajstić information content (AvgIpc) is 3.48. The van der Waals surface area contributed by atoms with Crippen LogP contribution in [-0.2, 0) is 18.9 Å². The lowest BCUT2D eigenvalue weighted by molar-refractivity contribution is -0.143. The molecule has 14 heteroatoms. The predicted octanol–water partition coefficient (Wildman–Crippen LogP) is 8.77. The number of halogens is 7. The number of alkyl halides is 6. The van der Waals surface area contributed by atoms with Crippen LogP contribution in [0.25, 0.3) is 16.6 Å². The van der Waals surface area contributed by atoms with E-state index in [0.29, 0.717) is 17.8 Å². The first-order valence-electron chi connectivity index (χ1n) is 13.3. The monoisotopic (exact) mass is 648 g/mol. The highest BCUT2D eigenvalue weighted by Crippen LogP contribution is 2.38. The Morgan fingerprint density at radius 1 is 0.978 bits per heavy atom. The predicted molar refractivity (Wildman–Crippen MR) is 155 cm³/mol. The summed E-state index contributed by atoms with van der Waals surface area (Å²) in [7, 11) is 0. The van der Waals surface area contributed by atoms with Gasteiger partial charge in [0, 0.05) is 10.7 Å². The van der Waals surface area contributed by atoms with E-state index >= 15 is 0 Å². The van der Waals surface area contributed by atoms with Crippen LogP contribution in [0.1, 0.15) is 41.2 Å². The first kappa shape index (κ1) is 31.6. The maximum atomic E-state index is 13.8. The first-order valence-corrected chi connectivity index (χ1v) is 13.7. The summed E-state index contributed by atoms with van der Waals surface area (Å²) in [6, 6.07) is 13.0. The van der Waals surface area contributed by atoms with E-state index in [9.17, 15) is 35.9 Å². The van der Waals surface area contributed by atoms with Gasteiger partial charge in [-0.25, -0.2) is 9.78 Å². The molecule has 1 unspecified atom stereocenters. The van der Waals surface area contributed by atoms with Gasteiger partial charge in [-0.1, -0.05) is 29.3 Å². The molecule has 234 valence electrons. The summed E-state index contributed by atoms with van der Waals surface area (Å²) in [6.07, 6.45) is -8.92. The highest BCUT2D eigenvalue weighted by molar-refractivity contribution is 6.31. The highest BCUT2D eigenvalue weighted by atomic mass is 35.5. The molecule has 0 aliphatic carbocycles. The SMILES string of the molecule is Cc1ccc(-n2c(C(C)N(Cc3ccco3)C(=O)Nc3cc(C(F)(F)F)cc(C(F)(F)F)c3)nc3cc(Cl)ccc3c2=O)cc1. The summed E-state index contributed by atoms with van der Waals surface area (Å²) >= 11 is 6.17. The van der Waals surface area contributed by atoms with E-state index in [4.69, 9.17) is 16.0 Å². The van der Waals surface area contributed by atoms with E-state index in [1.807, 2.05) is 6.92 Å². The molecule has 5 rings (SSSR count). The molecule has 1 atom stereocenters. The summed E-state index contributed by atoms with van der Waals surface area (Å²) < 4.78 is 87.7. The Bertz CT molecular complexity index is 1890. The lowest BCUT2D eigenvalue weighted by Crippen LogP contribution is -2.39. The number of anilines is 1. The van der Waals surface area contributed by atoms with Gasteiger partial charge >= 0.3 is 18.4 Å². The molecule has 2 amide bonds. The van der Waals surface area contributed by atoms with Gasteiger partial charge in [0.1, 0.15) is 11.6 Å². The molecule has 0 bridgehead atoms. The van der Waals surface area contributed by atoms with Gasteiger partial charge in [0.2, 0.25) is 0 Å². The van der Waals surface area contributed by atoms with Crippen molar-refractivity contribution in [2.24, 2.45) is 0 Å². The number of amides is 2. The number of hydrogen-bond acceptors (Lipinski definition) is 4. The lowest BCUT2D eigenvalue weighted by atomic mass is 10.1. The average molecular weight is 649 g/mol. The second-order valence-corrected chi connectivity index (χ2v) is 10.7. The molecular weight excluding hydrogens is 626 g/mol. The third-order valence-electron chi connectivity index (χ3n) is 7.00. The Morgan fingerprint density at radius 2 is 1.62 bits per heavy atom. The molecule has 45 heavy (non-hydrogen) atoms. The van der Waals surface area contributed by atoms with E-state index in [-0.39, 0.29) is 40.1 Å². The Labute approximate surface area is 256 Å².